The topological polar surface area (TPSA) is 72.4 Å². The molecule has 9 heteroatoms. The van der Waals surface area contributed by atoms with E-state index >= 15 is 0 Å². The zero-order chi connectivity index (χ0) is 20.6. The number of aromatic nitrogens is 2. The van der Waals surface area contributed by atoms with Crippen LogP contribution in [0.3, 0.4) is 0 Å². The summed E-state index contributed by atoms with van der Waals surface area (Å²) in [5.41, 5.74) is 2.78. The Hall–Kier alpha value is -2.17. The molecule has 0 aliphatic carbocycles. The van der Waals surface area contributed by atoms with Crippen molar-refractivity contribution in [3.05, 3.63) is 63.9 Å². The molecule has 0 atom stereocenters. The van der Waals surface area contributed by atoms with Gasteiger partial charge in [0, 0.05) is 24.0 Å². The van der Waals surface area contributed by atoms with Crippen LogP contribution in [0.25, 0.3) is 21.5 Å². The zero-order valence-corrected chi connectivity index (χ0v) is 18.5. The quantitative estimate of drug-likeness (QED) is 0.452. The van der Waals surface area contributed by atoms with Gasteiger partial charge in [0.2, 0.25) is 10.0 Å². The van der Waals surface area contributed by atoms with Gasteiger partial charge in [0.15, 0.2) is 0 Å². The minimum atomic E-state index is -3.48. The molecule has 1 aliphatic rings. The lowest BCUT2D eigenvalue weighted by atomic mass is 10.2. The van der Waals surface area contributed by atoms with E-state index in [4.69, 9.17) is 9.72 Å². The summed E-state index contributed by atoms with van der Waals surface area (Å²) in [5, 5.41) is 4.05. The standard InChI is InChI=1S/C21H19N3O3S3/c25-30(26,24-9-11-27-12-10-24)16-7-5-15(6-8-16)18-14-28-20(23-18)13-21-22-17-3-1-2-4-19(17)29-21/h1-8,14H,9-13H2. The average Bonchev–Trinajstić information content (AvgIpc) is 3.41. The van der Waals surface area contributed by atoms with Crippen LogP contribution in [0.1, 0.15) is 10.0 Å². The number of sulfonamides is 1. The van der Waals surface area contributed by atoms with E-state index < -0.39 is 10.0 Å². The molecule has 2 aromatic carbocycles. The molecule has 1 aliphatic heterocycles. The molecule has 0 spiro atoms. The van der Waals surface area contributed by atoms with E-state index in [2.05, 4.69) is 11.1 Å². The summed E-state index contributed by atoms with van der Waals surface area (Å²) in [5.74, 6) is 0. The lowest BCUT2D eigenvalue weighted by Crippen LogP contribution is -2.40. The predicted molar refractivity (Wildman–Crippen MR) is 120 cm³/mol. The first kappa shape index (κ1) is 19.8. The van der Waals surface area contributed by atoms with Crippen LogP contribution in [0.5, 0.6) is 0 Å². The van der Waals surface area contributed by atoms with E-state index in [0.717, 1.165) is 26.8 Å². The van der Waals surface area contributed by atoms with Crippen LogP contribution >= 0.6 is 22.7 Å². The molecular weight excluding hydrogens is 438 g/mol. The molecule has 1 saturated heterocycles. The van der Waals surface area contributed by atoms with E-state index in [9.17, 15) is 8.42 Å². The third-order valence-electron chi connectivity index (χ3n) is 4.95. The fourth-order valence-corrected chi connectivity index (χ4v) is 6.66. The Bertz CT molecular complexity index is 1240. The van der Waals surface area contributed by atoms with Gasteiger partial charge in [-0.25, -0.2) is 18.4 Å². The smallest absolute Gasteiger partial charge is 0.243 e. The number of morpholine rings is 1. The van der Waals surface area contributed by atoms with E-state index in [1.807, 2.05) is 35.7 Å². The summed E-state index contributed by atoms with van der Waals surface area (Å²) in [7, 11) is -3.48. The molecule has 2 aromatic heterocycles. The minimum absolute atomic E-state index is 0.304. The van der Waals surface area contributed by atoms with Crippen molar-refractivity contribution >= 4 is 42.9 Å². The molecule has 1 fully saturated rings. The molecule has 154 valence electrons. The summed E-state index contributed by atoms with van der Waals surface area (Å²) < 4.78 is 33.4. The summed E-state index contributed by atoms with van der Waals surface area (Å²) in [6.45, 7) is 1.66. The number of benzene rings is 2. The van der Waals surface area contributed by atoms with Gasteiger partial charge in [0.05, 0.1) is 40.4 Å². The Kier molecular flexibility index (Phi) is 5.38. The average molecular weight is 458 g/mol. The molecule has 6 nitrogen and oxygen atoms in total. The van der Waals surface area contributed by atoms with Gasteiger partial charge < -0.3 is 4.74 Å². The third kappa shape index (κ3) is 3.91. The van der Waals surface area contributed by atoms with Crippen LogP contribution in [-0.4, -0.2) is 49.0 Å². The number of hydrogen-bond donors (Lipinski definition) is 0. The van der Waals surface area contributed by atoms with E-state index in [1.54, 1.807) is 34.8 Å². The van der Waals surface area contributed by atoms with Gasteiger partial charge in [0.25, 0.3) is 0 Å². The van der Waals surface area contributed by atoms with Crippen molar-refractivity contribution in [2.75, 3.05) is 26.3 Å². The van der Waals surface area contributed by atoms with Gasteiger partial charge in [-0.3, -0.25) is 0 Å². The molecule has 4 aromatic rings. The lowest BCUT2D eigenvalue weighted by molar-refractivity contribution is 0.0730. The molecule has 0 saturated carbocycles. The minimum Gasteiger partial charge on any atom is -0.379 e. The number of rotatable bonds is 5. The van der Waals surface area contributed by atoms with Crippen molar-refractivity contribution < 1.29 is 13.2 Å². The Morgan fingerprint density at radius 1 is 0.967 bits per heavy atom. The number of hydrogen-bond acceptors (Lipinski definition) is 7. The molecule has 3 heterocycles. The number of nitrogens with zero attached hydrogens (tertiary/aromatic N) is 3. The second-order valence-electron chi connectivity index (χ2n) is 6.92. The van der Waals surface area contributed by atoms with Crippen molar-refractivity contribution in [1.29, 1.82) is 0 Å². The summed E-state index contributed by atoms with van der Waals surface area (Å²) in [6.07, 6.45) is 0.702. The monoisotopic (exact) mass is 457 g/mol. The van der Waals surface area contributed by atoms with E-state index in [-0.39, 0.29) is 0 Å². The van der Waals surface area contributed by atoms with Gasteiger partial charge >= 0.3 is 0 Å². The number of fused-ring (bicyclic) bond motifs is 1. The van der Waals surface area contributed by atoms with Crippen LogP contribution in [-0.2, 0) is 21.2 Å². The molecular formula is C21H19N3O3S3. The molecule has 30 heavy (non-hydrogen) atoms. The Balaban J connectivity index is 1.33. The number of thiazole rings is 2. The predicted octanol–water partition coefficient (Wildman–Crippen LogP) is 4.03. The van der Waals surface area contributed by atoms with E-state index in [0.29, 0.717) is 37.6 Å². The van der Waals surface area contributed by atoms with Crippen LogP contribution in [0, 0.1) is 0 Å². The van der Waals surface area contributed by atoms with Gasteiger partial charge in [-0.1, -0.05) is 24.3 Å². The van der Waals surface area contributed by atoms with Crippen LogP contribution in [0.2, 0.25) is 0 Å². The van der Waals surface area contributed by atoms with Gasteiger partial charge in [-0.2, -0.15) is 4.31 Å². The van der Waals surface area contributed by atoms with E-state index in [1.165, 1.54) is 9.01 Å². The molecule has 0 amide bonds. The fourth-order valence-electron chi connectivity index (χ4n) is 3.38. The van der Waals surface area contributed by atoms with Gasteiger partial charge in [-0.15, -0.1) is 22.7 Å². The zero-order valence-electron chi connectivity index (χ0n) is 16.0. The summed E-state index contributed by atoms with van der Waals surface area (Å²) in [6, 6.07) is 15.1. The van der Waals surface area contributed by atoms with Crippen LogP contribution in [0.4, 0.5) is 0 Å². The second kappa shape index (κ2) is 8.16. The highest BCUT2D eigenvalue weighted by molar-refractivity contribution is 7.89. The first-order valence-corrected chi connectivity index (χ1v) is 12.7. The van der Waals surface area contributed by atoms with Crippen molar-refractivity contribution in [1.82, 2.24) is 14.3 Å². The highest BCUT2D eigenvalue weighted by Crippen LogP contribution is 2.28. The Labute approximate surface area is 182 Å². The summed E-state index contributed by atoms with van der Waals surface area (Å²) >= 11 is 3.29. The van der Waals surface area contributed by atoms with Crippen molar-refractivity contribution in [2.45, 2.75) is 11.3 Å². The maximum absolute atomic E-state index is 12.8. The maximum Gasteiger partial charge on any atom is 0.243 e. The van der Waals surface area contributed by atoms with Crippen LogP contribution in [0.15, 0.2) is 58.8 Å². The largest absolute Gasteiger partial charge is 0.379 e. The molecule has 0 N–H and O–H groups in total. The number of ether oxygens (including phenoxy) is 1. The van der Waals surface area contributed by atoms with Crippen LogP contribution < -0.4 is 0 Å². The van der Waals surface area contributed by atoms with Crippen molar-refractivity contribution in [2.24, 2.45) is 0 Å². The molecule has 0 bridgehead atoms. The van der Waals surface area contributed by atoms with Gasteiger partial charge in [0.1, 0.15) is 10.0 Å². The molecule has 0 radical (unpaired) electrons. The summed E-state index contributed by atoms with van der Waals surface area (Å²) in [4.78, 5) is 9.72. The number of para-hydroxylation sites is 1. The molecule has 5 rings (SSSR count). The second-order valence-corrected chi connectivity index (χ2v) is 10.9. The van der Waals surface area contributed by atoms with Crippen molar-refractivity contribution in [3.8, 4) is 11.3 Å². The first-order chi connectivity index (χ1) is 14.6. The third-order valence-corrected chi connectivity index (χ3v) is 8.75. The van der Waals surface area contributed by atoms with Crippen molar-refractivity contribution in [3.63, 3.8) is 0 Å². The molecule has 0 unspecified atom stereocenters. The highest BCUT2D eigenvalue weighted by Gasteiger charge is 2.26. The normalized spacial score (nSPS) is 15.6. The van der Waals surface area contributed by atoms with Gasteiger partial charge in [-0.05, 0) is 24.3 Å². The first-order valence-electron chi connectivity index (χ1n) is 9.57. The highest BCUT2D eigenvalue weighted by atomic mass is 32.2. The maximum atomic E-state index is 12.8. The lowest BCUT2D eigenvalue weighted by Gasteiger charge is -2.26. The SMILES string of the molecule is O=S(=O)(c1ccc(-c2csc(Cc3nc4ccccc4s3)n2)cc1)N1CCOCC1. The Morgan fingerprint density at radius 2 is 1.73 bits per heavy atom. The fraction of sp³-hybridized carbons (Fsp3) is 0.238. The Morgan fingerprint density at radius 3 is 2.50 bits per heavy atom.